The molecule has 2 N–H and O–H groups in total. The first-order valence-corrected chi connectivity index (χ1v) is 8.60. The lowest BCUT2D eigenvalue weighted by Gasteiger charge is -2.23. The zero-order chi connectivity index (χ0) is 13.0. The van der Waals surface area contributed by atoms with Crippen molar-refractivity contribution in [2.45, 2.75) is 31.7 Å². The van der Waals surface area contributed by atoms with E-state index in [1.165, 1.54) is 12.8 Å². The van der Waals surface area contributed by atoms with Crippen molar-refractivity contribution in [2.24, 2.45) is 5.92 Å². The second kappa shape index (κ2) is 6.32. The highest BCUT2D eigenvalue weighted by atomic mass is 32.2. The van der Waals surface area contributed by atoms with Crippen molar-refractivity contribution in [2.75, 3.05) is 39.0 Å². The van der Waals surface area contributed by atoms with Crippen molar-refractivity contribution >= 4 is 10.0 Å². The minimum Gasteiger partial charge on any atom is -0.316 e. The van der Waals surface area contributed by atoms with Gasteiger partial charge in [-0.15, -0.1) is 0 Å². The van der Waals surface area contributed by atoms with E-state index >= 15 is 0 Å². The van der Waals surface area contributed by atoms with Crippen LogP contribution in [0.5, 0.6) is 0 Å². The monoisotopic (exact) mass is 275 g/mol. The van der Waals surface area contributed by atoms with Gasteiger partial charge in [-0.05, 0) is 51.7 Å². The van der Waals surface area contributed by atoms with Crippen LogP contribution in [-0.4, -0.2) is 58.3 Å². The molecule has 0 bridgehead atoms. The minimum absolute atomic E-state index is 0.271. The molecule has 0 aromatic heterocycles. The summed E-state index contributed by atoms with van der Waals surface area (Å²) in [6.07, 6.45) is 4.63. The van der Waals surface area contributed by atoms with Gasteiger partial charge in [-0.2, -0.15) is 0 Å². The molecule has 1 aliphatic heterocycles. The van der Waals surface area contributed by atoms with Crippen LogP contribution in [0.25, 0.3) is 0 Å². The van der Waals surface area contributed by atoms with Crippen molar-refractivity contribution in [3.05, 3.63) is 0 Å². The van der Waals surface area contributed by atoms with Gasteiger partial charge in [0.05, 0.1) is 5.75 Å². The molecule has 106 valence electrons. The van der Waals surface area contributed by atoms with Crippen molar-refractivity contribution in [1.29, 1.82) is 0 Å². The van der Waals surface area contributed by atoms with Gasteiger partial charge in [-0.1, -0.05) is 0 Å². The average Bonchev–Trinajstić information content (AvgIpc) is 3.13. The zero-order valence-electron chi connectivity index (χ0n) is 11.2. The van der Waals surface area contributed by atoms with Crippen LogP contribution < -0.4 is 10.0 Å². The molecule has 1 heterocycles. The van der Waals surface area contributed by atoms with E-state index in [1.54, 1.807) is 0 Å². The lowest BCUT2D eigenvalue weighted by atomic mass is 10.0. The topological polar surface area (TPSA) is 61.4 Å². The van der Waals surface area contributed by atoms with Crippen LogP contribution in [0.3, 0.4) is 0 Å². The summed E-state index contributed by atoms with van der Waals surface area (Å²) in [5.74, 6) is 0.546. The number of rotatable bonds is 7. The fourth-order valence-electron chi connectivity index (χ4n) is 2.51. The second-order valence-electron chi connectivity index (χ2n) is 5.60. The molecule has 1 aliphatic carbocycles. The third-order valence-corrected chi connectivity index (χ3v) is 5.36. The lowest BCUT2D eigenvalue weighted by molar-refractivity contribution is 0.329. The van der Waals surface area contributed by atoms with E-state index in [-0.39, 0.29) is 11.7 Å². The molecule has 1 unspecified atom stereocenters. The molecular formula is C12H25N3O2S. The maximum Gasteiger partial charge on any atom is 0.211 e. The molecule has 0 spiro atoms. The van der Waals surface area contributed by atoms with Gasteiger partial charge in [-0.3, -0.25) is 0 Å². The fourth-order valence-corrected chi connectivity index (χ4v) is 3.94. The molecule has 2 aliphatic rings. The highest BCUT2D eigenvalue weighted by Crippen LogP contribution is 2.24. The number of sulfonamides is 1. The Kier molecular flexibility index (Phi) is 5.00. The Hall–Kier alpha value is -0.170. The number of hydrogen-bond donors (Lipinski definition) is 2. The van der Waals surface area contributed by atoms with Crippen LogP contribution in [0.1, 0.15) is 25.7 Å². The summed E-state index contributed by atoms with van der Waals surface area (Å²) in [6, 6.07) is 0.692. The Labute approximate surface area is 110 Å². The van der Waals surface area contributed by atoms with Crippen LogP contribution in [0, 0.1) is 5.92 Å². The summed E-state index contributed by atoms with van der Waals surface area (Å²) in [4.78, 5) is 2.24. The van der Waals surface area contributed by atoms with Crippen LogP contribution in [0.15, 0.2) is 0 Å². The summed E-state index contributed by atoms with van der Waals surface area (Å²) in [5.41, 5.74) is 0. The molecule has 0 amide bonds. The molecule has 6 heteroatoms. The second-order valence-corrected chi connectivity index (χ2v) is 7.45. The Morgan fingerprint density at radius 1 is 1.33 bits per heavy atom. The molecule has 1 saturated heterocycles. The molecule has 0 aromatic carbocycles. The Morgan fingerprint density at radius 2 is 2.11 bits per heavy atom. The highest BCUT2D eigenvalue weighted by molar-refractivity contribution is 7.89. The Bertz CT molecular complexity index is 348. The average molecular weight is 275 g/mol. The normalized spacial score (nSPS) is 25.6. The highest BCUT2D eigenvalue weighted by Gasteiger charge is 2.26. The molecule has 2 fully saturated rings. The molecular weight excluding hydrogens is 250 g/mol. The van der Waals surface area contributed by atoms with Crippen molar-refractivity contribution in [3.8, 4) is 0 Å². The lowest BCUT2D eigenvalue weighted by Crippen LogP contribution is -2.40. The van der Waals surface area contributed by atoms with Crippen LogP contribution in [0.4, 0.5) is 0 Å². The van der Waals surface area contributed by atoms with Gasteiger partial charge in [0.1, 0.15) is 0 Å². The van der Waals surface area contributed by atoms with E-state index in [4.69, 9.17) is 0 Å². The van der Waals surface area contributed by atoms with E-state index in [2.05, 4.69) is 22.0 Å². The molecule has 18 heavy (non-hydrogen) atoms. The fraction of sp³-hybridized carbons (Fsp3) is 1.00. The van der Waals surface area contributed by atoms with E-state index in [9.17, 15) is 8.42 Å². The summed E-state index contributed by atoms with van der Waals surface area (Å²) < 4.78 is 26.5. The van der Waals surface area contributed by atoms with Gasteiger partial charge in [0, 0.05) is 19.1 Å². The predicted molar refractivity (Wildman–Crippen MR) is 73.0 cm³/mol. The maximum absolute atomic E-state index is 11.9. The van der Waals surface area contributed by atoms with E-state index in [1.807, 2.05) is 0 Å². The smallest absolute Gasteiger partial charge is 0.211 e. The van der Waals surface area contributed by atoms with Gasteiger partial charge in [0.25, 0.3) is 0 Å². The van der Waals surface area contributed by atoms with Gasteiger partial charge in [-0.25, -0.2) is 13.1 Å². The number of hydrogen-bond acceptors (Lipinski definition) is 4. The minimum atomic E-state index is -3.10. The number of piperidine rings is 1. The quantitative estimate of drug-likeness (QED) is 0.686. The van der Waals surface area contributed by atoms with Gasteiger partial charge in [0.15, 0.2) is 0 Å². The Morgan fingerprint density at radius 3 is 2.72 bits per heavy atom. The van der Waals surface area contributed by atoms with E-state index in [0.29, 0.717) is 12.6 Å². The van der Waals surface area contributed by atoms with Crippen LogP contribution in [0.2, 0.25) is 0 Å². The Balaban J connectivity index is 1.65. The van der Waals surface area contributed by atoms with Crippen LogP contribution in [-0.2, 0) is 10.0 Å². The summed E-state index contributed by atoms with van der Waals surface area (Å²) >= 11 is 0. The first-order chi connectivity index (χ1) is 8.57. The first-order valence-electron chi connectivity index (χ1n) is 6.95. The number of nitrogens with zero attached hydrogens (tertiary/aromatic N) is 1. The largest absolute Gasteiger partial charge is 0.316 e. The third kappa shape index (κ3) is 4.84. The van der Waals surface area contributed by atoms with Crippen LogP contribution >= 0.6 is 0 Å². The van der Waals surface area contributed by atoms with Crippen molar-refractivity contribution in [3.63, 3.8) is 0 Å². The molecule has 0 radical (unpaired) electrons. The number of nitrogens with one attached hydrogen (secondary N) is 2. The summed E-state index contributed by atoms with van der Waals surface area (Å²) in [6.45, 7) is 3.21. The number of likely N-dealkylation sites (N-methyl/N-ethyl adjacent to an activating group) is 1. The molecule has 1 atom stereocenters. The molecule has 1 saturated carbocycles. The van der Waals surface area contributed by atoms with Gasteiger partial charge >= 0.3 is 0 Å². The molecule has 5 nitrogen and oxygen atoms in total. The standard InChI is InChI=1S/C12H25N3O2S/c1-15(12-4-5-12)8-7-14-18(16,17)10-11-3-2-6-13-9-11/h11-14H,2-10H2,1H3. The maximum atomic E-state index is 11.9. The van der Waals surface area contributed by atoms with E-state index < -0.39 is 10.0 Å². The SMILES string of the molecule is CN(CCNS(=O)(=O)CC1CCCNC1)C1CC1. The summed E-state index contributed by atoms with van der Waals surface area (Å²) in [5, 5.41) is 3.25. The summed E-state index contributed by atoms with van der Waals surface area (Å²) in [7, 11) is -1.03. The van der Waals surface area contributed by atoms with E-state index in [0.717, 1.165) is 32.5 Å². The van der Waals surface area contributed by atoms with Crippen molar-refractivity contribution in [1.82, 2.24) is 14.9 Å². The zero-order valence-corrected chi connectivity index (χ0v) is 12.0. The molecule has 2 rings (SSSR count). The third-order valence-electron chi connectivity index (χ3n) is 3.81. The first kappa shape index (κ1) is 14.2. The van der Waals surface area contributed by atoms with Gasteiger partial charge in [0.2, 0.25) is 10.0 Å². The molecule has 0 aromatic rings. The van der Waals surface area contributed by atoms with Crippen molar-refractivity contribution < 1.29 is 8.42 Å². The van der Waals surface area contributed by atoms with Gasteiger partial charge < -0.3 is 10.2 Å². The predicted octanol–water partition coefficient (Wildman–Crippen LogP) is -0.000400.